The van der Waals surface area contributed by atoms with Crippen LogP contribution in [0, 0.1) is 0 Å². The Labute approximate surface area is 352 Å². The van der Waals surface area contributed by atoms with Gasteiger partial charge in [-0.1, -0.05) is 196 Å². The van der Waals surface area contributed by atoms with Gasteiger partial charge in [-0.15, -0.1) is 0 Å². The fraction of sp³-hybridized carbons (Fsp3) is 0.0508. The van der Waals surface area contributed by atoms with E-state index in [1.165, 1.54) is 88.3 Å². The smallest absolute Gasteiger partial charge is 0.0468 e. The predicted octanol–water partition coefficient (Wildman–Crippen LogP) is 16.4. The molecule has 1 aliphatic carbocycles. The van der Waals surface area contributed by atoms with E-state index < -0.39 is 0 Å². The minimum absolute atomic E-state index is 0.120. The highest BCUT2D eigenvalue weighted by Crippen LogP contribution is 2.51. The Morgan fingerprint density at radius 1 is 0.283 bits per heavy atom. The Morgan fingerprint density at radius 2 is 0.817 bits per heavy atom. The molecular formula is C59H43N. The van der Waals surface area contributed by atoms with Crippen molar-refractivity contribution in [2.75, 3.05) is 4.90 Å². The molecule has 11 rings (SSSR count). The van der Waals surface area contributed by atoms with Gasteiger partial charge in [0, 0.05) is 22.5 Å². The molecule has 0 fully saturated rings. The lowest BCUT2D eigenvalue weighted by Crippen LogP contribution is -2.16. The molecule has 0 aromatic heterocycles. The van der Waals surface area contributed by atoms with Gasteiger partial charge in [0.2, 0.25) is 0 Å². The standard InChI is InChI=1S/C59H43N/c1-59(2)57-22-11-10-20-54(57)55-36-34-50(39-58(55)59)60(48-31-29-41(30-32-48)47-28-23-40-13-6-7-17-46(40)37-47)49-33-35-53(56(38-49)43-14-4-3-5-15-43)45-26-24-44(25-27-45)52-21-12-18-42-16-8-9-19-51(42)52/h3-39H,1-2H3. The van der Waals surface area contributed by atoms with E-state index >= 15 is 0 Å². The second kappa shape index (κ2) is 14.4. The maximum absolute atomic E-state index is 2.43. The minimum Gasteiger partial charge on any atom is -0.310 e. The van der Waals surface area contributed by atoms with Crippen LogP contribution in [0.4, 0.5) is 17.1 Å². The molecule has 10 aromatic carbocycles. The molecule has 1 aliphatic rings. The first kappa shape index (κ1) is 35.7. The minimum atomic E-state index is -0.120. The van der Waals surface area contributed by atoms with Gasteiger partial charge in [-0.3, -0.25) is 0 Å². The number of fused-ring (bicyclic) bond motifs is 5. The average molecular weight is 766 g/mol. The van der Waals surface area contributed by atoms with Crippen LogP contribution < -0.4 is 4.90 Å². The molecule has 0 bridgehead atoms. The lowest BCUT2D eigenvalue weighted by molar-refractivity contribution is 0.660. The number of benzene rings is 10. The van der Waals surface area contributed by atoms with Crippen LogP contribution in [0.15, 0.2) is 224 Å². The highest BCUT2D eigenvalue weighted by molar-refractivity contribution is 5.97. The van der Waals surface area contributed by atoms with Crippen molar-refractivity contribution in [3.8, 4) is 55.6 Å². The van der Waals surface area contributed by atoms with Crippen LogP contribution in [-0.2, 0) is 5.41 Å². The topological polar surface area (TPSA) is 3.24 Å². The molecule has 60 heavy (non-hydrogen) atoms. The average Bonchev–Trinajstić information content (AvgIpc) is 3.54. The van der Waals surface area contributed by atoms with E-state index in [9.17, 15) is 0 Å². The van der Waals surface area contributed by atoms with Gasteiger partial charge >= 0.3 is 0 Å². The zero-order valence-corrected chi connectivity index (χ0v) is 33.8. The van der Waals surface area contributed by atoms with E-state index in [0.717, 1.165) is 17.1 Å². The van der Waals surface area contributed by atoms with Crippen LogP contribution in [0.1, 0.15) is 25.0 Å². The van der Waals surface area contributed by atoms with Crippen molar-refractivity contribution in [3.05, 3.63) is 236 Å². The molecule has 10 aromatic rings. The molecule has 0 heterocycles. The summed E-state index contributed by atoms with van der Waals surface area (Å²) in [5.41, 5.74) is 18.3. The number of anilines is 3. The van der Waals surface area contributed by atoms with E-state index in [1.807, 2.05) is 0 Å². The first-order valence-corrected chi connectivity index (χ1v) is 20.9. The monoisotopic (exact) mass is 765 g/mol. The first-order chi connectivity index (χ1) is 29.5. The molecule has 284 valence electrons. The third-order valence-corrected chi connectivity index (χ3v) is 12.7. The van der Waals surface area contributed by atoms with E-state index in [-0.39, 0.29) is 5.41 Å². The lowest BCUT2D eigenvalue weighted by atomic mass is 9.82. The molecule has 0 spiro atoms. The quantitative estimate of drug-likeness (QED) is 0.156. The van der Waals surface area contributed by atoms with Gasteiger partial charge in [-0.2, -0.15) is 0 Å². The van der Waals surface area contributed by atoms with Crippen molar-refractivity contribution >= 4 is 38.6 Å². The molecule has 0 N–H and O–H groups in total. The van der Waals surface area contributed by atoms with E-state index in [4.69, 9.17) is 0 Å². The van der Waals surface area contributed by atoms with E-state index in [0.29, 0.717) is 0 Å². The molecule has 1 nitrogen and oxygen atoms in total. The van der Waals surface area contributed by atoms with Gasteiger partial charge < -0.3 is 4.90 Å². The van der Waals surface area contributed by atoms with E-state index in [1.54, 1.807) is 0 Å². The number of hydrogen-bond acceptors (Lipinski definition) is 1. The zero-order chi connectivity index (χ0) is 40.2. The number of hydrogen-bond donors (Lipinski definition) is 0. The summed E-state index contributed by atoms with van der Waals surface area (Å²) in [5.74, 6) is 0. The zero-order valence-electron chi connectivity index (χ0n) is 33.8. The summed E-state index contributed by atoms with van der Waals surface area (Å²) >= 11 is 0. The van der Waals surface area contributed by atoms with Crippen LogP contribution in [-0.4, -0.2) is 0 Å². The predicted molar refractivity (Wildman–Crippen MR) is 255 cm³/mol. The highest BCUT2D eigenvalue weighted by atomic mass is 15.1. The largest absolute Gasteiger partial charge is 0.310 e. The van der Waals surface area contributed by atoms with E-state index in [2.05, 4.69) is 243 Å². The lowest BCUT2D eigenvalue weighted by Gasteiger charge is -2.29. The van der Waals surface area contributed by atoms with Gasteiger partial charge in [-0.05, 0) is 131 Å². The summed E-state index contributed by atoms with van der Waals surface area (Å²) in [7, 11) is 0. The van der Waals surface area contributed by atoms with Crippen molar-refractivity contribution < 1.29 is 0 Å². The number of rotatable bonds is 7. The Balaban J connectivity index is 1.04. The van der Waals surface area contributed by atoms with Crippen LogP contribution in [0.25, 0.3) is 77.2 Å². The fourth-order valence-corrected chi connectivity index (χ4v) is 9.54. The molecule has 0 unspecified atom stereocenters. The first-order valence-electron chi connectivity index (χ1n) is 20.9. The summed E-state index contributed by atoms with van der Waals surface area (Å²) < 4.78 is 0. The molecule has 0 saturated carbocycles. The van der Waals surface area contributed by atoms with Gasteiger partial charge in [0.25, 0.3) is 0 Å². The molecule has 1 heteroatoms. The van der Waals surface area contributed by atoms with Crippen LogP contribution in [0.2, 0.25) is 0 Å². The Bertz CT molecular complexity index is 3200. The van der Waals surface area contributed by atoms with Crippen molar-refractivity contribution in [2.24, 2.45) is 0 Å². The van der Waals surface area contributed by atoms with Crippen LogP contribution in [0.3, 0.4) is 0 Å². The maximum atomic E-state index is 2.43. The molecule has 0 radical (unpaired) electrons. The summed E-state index contributed by atoms with van der Waals surface area (Å²) in [6.07, 6.45) is 0. The SMILES string of the molecule is CC1(C)c2ccccc2-c2ccc(N(c3ccc(-c4ccc5ccccc5c4)cc3)c3ccc(-c4ccc(-c5cccc6ccccc56)cc4)c(-c4ccccc4)c3)cc21. The molecule has 0 saturated heterocycles. The van der Waals surface area contributed by atoms with Gasteiger partial charge in [0.05, 0.1) is 0 Å². The Morgan fingerprint density at radius 3 is 1.62 bits per heavy atom. The second-order valence-electron chi connectivity index (χ2n) is 16.5. The van der Waals surface area contributed by atoms with Gasteiger partial charge in [0.15, 0.2) is 0 Å². The molecular weight excluding hydrogens is 723 g/mol. The van der Waals surface area contributed by atoms with Crippen LogP contribution in [0.5, 0.6) is 0 Å². The normalized spacial score (nSPS) is 12.6. The Kier molecular flexibility index (Phi) is 8.57. The van der Waals surface area contributed by atoms with Crippen molar-refractivity contribution in [1.29, 1.82) is 0 Å². The molecule has 0 aliphatic heterocycles. The summed E-state index contributed by atoms with van der Waals surface area (Å²) in [4.78, 5) is 2.43. The second-order valence-corrected chi connectivity index (χ2v) is 16.5. The van der Waals surface area contributed by atoms with Crippen LogP contribution >= 0.6 is 0 Å². The maximum Gasteiger partial charge on any atom is 0.0468 e. The summed E-state index contributed by atoms with van der Waals surface area (Å²) in [6.45, 7) is 4.72. The van der Waals surface area contributed by atoms with Gasteiger partial charge in [-0.25, -0.2) is 0 Å². The summed E-state index contributed by atoms with van der Waals surface area (Å²) in [5, 5.41) is 5.03. The third kappa shape index (κ3) is 6.10. The van der Waals surface area contributed by atoms with Crippen molar-refractivity contribution in [2.45, 2.75) is 19.3 Å². The number of nitrogens with zero attached hydrogens (tertiary/aromatic N) is 1. The third-order valence-electron chi connectivity index (χ3n) is 12.7. The molecule has 0 amide bonds. The van der Waals surface area contributed by atoms with Crippen molar-refractivity contribution in [1.82, 2.24) is 0 Å². The van der Waals surface area contributed by atoms with Crippen molar-refractivity contribution in [3.63, 3.8) is 0 Å². The summed E-state index contributed by atoms with van der Waals surface area (Å²) in [6, 6.07) is 82.5. The fourth-order valence-electron chi connectivity index (χ4n) is 9.54. The molecule has 0 atom stereocenters. The van der Waals surface area contributed by atoms with Gasteiger partial charge in [0.1, 0.15) is 0 Å². The highest BCUT2D eigenvalue weighted by Gasteiger charge is 2.35. The Hall–Kier alpha value is -7.48.